The van der Waals surface area contributed by atoms with E-state index in [1.54, 1.807) is 18.2 Å². The summed E-state index contributed by atoms with van der Waals surface area (Å²) in [6.07, 6.45) is 3.53. The predicted octanol–water partition coefficient (Wildman–Crippen LogP) is 2.87. The molecule has 1 saturated heterocycles. The summed E-state index contributed by atoms with van der Waals surface area (Å²) < 4.78 is 0. The van der Waals surface area contributed by atoms with Gasteiger partial charge in [-0.1, -0.05) is 29.6 Å². The largest absolute Gasteiger partial charge is 0.350 e. The molecule has 5 heteroatoms. The third kappa shape index (κ3) is 3.61. The molecule has 2 rings (SSSR count). The SMILES string of the molecule is O=C(NCC1CCCCN1)c1cc(Cl)ccc1Cl. The molecule has 2 N–H and O–H groups in total. The van der Waals surface area contributed by atoms with Gasteiger partial charge in [-0.2, -0.15) is 0 Å². The van der Waals surface area contributed by atoms with E-state index < -0.39 is 0 Å². The Morgan fingerprint density at radius 3 is 2.94 bits per heavy atom. The molecule has 1 aromatic rings. The van der Waals surface area contributed by atoms with Crippen LogP contribution in [-0.4, -0.2) is 25.0 Å². The molecule has 1 aliphatic heterocycles. The summed E-state index contributed by atoms with van der Waals surface area (Å²) in [4.78, 5) is 12.0. The first-order valence-electron chi connectivity index (χ1n) is 6.13. The molecule has 1 amide bonds. The van der Waals surface area contributed by atoms with Crippen molar-refractivity contribution in [2.75, 3.05) is 13.1 Å². The second-order valence-electron chi connectivity index (χ2n) is 4.48. The summed E-state index contributed by atoms with van der Waals surface area (Å²) in [5, 5.41) is 7.21. The van der Waals surface area contributed by atoms with E-state index in [1.165, 1.54) is 12.8 Å². The number of benzene rings is 1. The van der Waals surface area contributed by atoms with Gasteiger partial charge in [0.15, 0.2) is 0 Å². The van der Waals surface area contributed by atoms with Crippen LogP contribution in [0.1, 0.15) is 29.6 Å². The molecule has 1 unspecified atom stereocenters. The van der Waals surface area contributed by atoms with Crippen LogP contribution in [0.5, 0.6) is 0 Å². The molecule has 1 aromatic carbocycles. The fourth-order valence-corrected chi connectivity index (χ4v) is 2.46. The molecule has 18 heavy (non-hydrogen) atoms. The van der Waals surface area contributed by atoms with Crippen molar-refractivity contribution >= 4 is 29.1 Å². The van der Waals surface area contributed by atoms with Gasteiger partial charge >= 0.3 is 0 Å². The maximum atomic E-state index is 12.0. The van der Waals surface area contributed by atoms with Crippen molar-refractivity contribution in [2.45, 2.75) is 25.3 Å². The number of rotatable bonds is 3. The second-order valence-corrected chi connectivity index (χ2v) is 5.32. The molecule has 1 aliphatic rings. The van der Waals surface area contributed by atoms with E-state index in [0.29, 0.717) is 28.2 Å². The van der Waals surface area contributed by atoms with Crippen molar-refractivity contribution in [1.82, 2.24) is 10.6 Å². The summed E-state index contributed by atoms with van der Waals surface area (Å²) in [6.45, 7) is 1.65. The summed E-state index contributed by atoms with van der Waals surface area (Å²) in [7, 11) is 0. The van der Waals surface area contributed by atoms with Gasteiger partial charge in [-0.3, -0.25) is 4.79 Å². The molecule has 1 heterocycles. The number of hydrogen-bond donors (Lipinski definition) is 2. The Morgan fingerprint density at radius 2 is 2.22 bits per heavy atom. The Hall–Kier alpha value is -0.770. The number of nitrogens with one attached hydrogen (secondary N) is 2. The highest BCUT2D eigenvalue weighted by atomic mass is 35.5. The standard InChI is InChI=1S/C13H16Cl2N2O/c14-9-4-5-12(15)11(7-9)13(18)17-8-10-3-1-2-6-16-10/h4-5,7,10,16H,1-3,6,8H2,(H,17,18). The highest BCUT2D eigenvalue weighted by molar-refractivity contribution is 6.35. The van der Waals surface area contributed by atoms with E-state index in [2.05, 4.69) is 10.6 Å². The first-order chi connectivity index (χ1) is 8.66. The molecule has 0 saturated carbocycles. The highest BCUT2D eigenvalue weighted by Gasteiger charge is 2.15. The average molecular weight is 287 g/mol. The lowest BCUT2D eigenvalue weighted by Crippen LogP contribution is -2.43. The van der Waals surface area contributed by atoms with Crippen molar-refractivity contribution in [2.24, 2.45) is 0 Å². The van der Waals surface area contributed by atoms with Crippen molar-refractivity contribution in [3.05, 3.63) is 33.8 Å². The molecule has 98 valence electrons. The quantitative estimate of drug-likeness (QED) is 0.897. The third-order valence-corrected chi connectivity index (χ3v) is 3.66. The van der Waals surface area contributed by atoms with E-state index in [0.717, 1.165) is 13.0 Å². The minimum atomic E-state index is -0.171. The van der Waals surface area contributed by atoms with Gasteiger partial charge < -0.3 is 10.6 Å². The molecule has 0 aliphatic carbocycles. The summed E-state index contributed by atoms with van der Waals surface area (Å²) in [6, 6.07) is 5.26. The van der Waals surface area contributed by atoms with Crippen molar-refractivity contribution in [3.8, 4) is 0 Å². The topological polar surface area (TPSA) is 41.1 Å². The van der Waals surface area contributed by atoms with Crippen LogP contribution in [0.4, 0.5) is 0 Å². The Morgan fingerprint density at radius 1 is 1.39 bits per heavy atom. The van der Waals surface area contributed by atoms with Crippen LogP contribution < -0.4 is 10.6 Å². The van der Waals surface area contributed by atoms with Crippen LogP contribution in [0.2, 0.25) is 10.0 Å². The van der Waals surface area contributed by atoms with Gasteiger partial charge in [0.1, 0.15) is 0 Å². The zero-order chi connectivity index (χ0) is 13.0. The molecule has 1 fully saturated rings. The lowest BCUT2D eigenvalue weighted by Gasteiger charge is -2.23. The van der Waals surface area contributed by atoms with Gasteiger partial charge in [0.2, 0.25) is 0 Å². The minimum absolute atomic E-state index is 0.171. The molecule has 3 nitrogen and oxygen atoms in total. The number of amides is 1. The van der Waals surface area contributed by atoms with Crippen LogP contribution in [0.25, 0.3) is 0 Å². The molecule has 0 spiro atoms. The van der Waals surface area contributed by atoms with Crippen molar-refractivity contribution < 1.29 is 4.79 Å². The first-order valence-corrected chi connectivity index (χ1v) is 6.89. The van der Waals surface area contributed by atoms with Gasteiger partial charge in [-0.15, -0.1) is 0 Å². The molecule has 0 bridgehead atoms. The van der Waals surface area contributed by atoms with Crippen LogP contribution in [-0.2, 0) is 0 Å². The van der Waals surface area contributed by atoms with Crippen LogP contribution >= 0.6 is 23.2 Å². The molecule has 0 radical (unpaired) electrons. The molecular formula is C13H16Cl2N2O. The van der Waals surface area contributed by atoms with Gasteiger partial charge in [0.05, 0.1) is 10.6 Å². The van der Waals surface area contributed by atoms with Gasteiger partial charge in [-0.05, 0) is 37.6 Å². The zero-order valence-corrected chi connectivity index (χ0v) is 11.5. The van der Waals surface area contributed by atoms with Crippen LogP contribution in [0, 0.1) is 0 Å². The highest BCUT2D eigenvalue weighted by Crippen LogP contribution is 2.20. The minimum Gasteiger partial charge on any atom is -0.350 e. The Kier molecular flexibility index (Phi) is 4.87. The first kappa shape index (κ1) is 13.7. The Bertz CT molecular complexity index is 431. The monoisotopic (exact) mass is 286 g/mol. The van der Waals surface area contributed by atoms with Crippen molar-refractivity contribution in [3.63, 3.8) is 0 Å². The fraction of sp³-hybridized carbons (Fsp3) is 0.462. The molecular weight excluding hydrogens is 271 g/mol. The van der Waals surface area contributed by atoms with Gasteiger partial charge in [-0.25, -0.2) is 0 Å². The smallest absolute Gasteiger partial charge is 0.252 e. The van der Waals surface area contributed by atoms with E-state index in [4.69, 9.17) is 23.2 Å². The maximum Gasteiger partial charge on any atom is 0.252 e. The second kappa shape index (κ2) is 6.41. The average Bonchev–Trinajstić information content (AvgIpc) is 2.40. The van der Waals surface area contributed by atoms with E-state index in [1.807, 2.05) is 0 Å². The zero-order valence-electron chi connectivity index (χ0n) is 10.0. The van der Waals surface area contributed by atoms with E-state index >= 15 is 0 Å². The summed E-state index contributed by atoms with van der Waals surface area (Å²) in [5.74, 6) is -0.171. The summed E-state index contributed by atoms with van der Waals surface area (Å²) in [5.41, 5.74) is 0.431. The normalized spacial score (nSPS) is 19.6. The third-order valence-electron chi connectivity index (χ3n) is 3.09. The predicted molar refractivity (Wildman–Crippen MR) is 74.4 cm³/mol. The number of carbonyl (C=O) groups excluding carboxylic acids is 1. The van der Waals surface area contributed by atoms with Crippen LogP contribution in [0.3, 0.4) is 0 Å². The number of carbonyl (C=O) groups is 1. The summed E-state index contributed by atoms with van der Waals surface area (Å²) >= 11 is 11.8. The number of piperidine rings is 1. The fourth-order valence-electron chi connectivity index (χ4n) is 2.08. The number of halogens is 2. The Labute approximate surface area is 117 Å². The van der Waals surface area contributed by atoms with E-state index in [-0.39, 0.29) is 5.91 Å². The van der Waals surface area contributed by atoms with Crippen LogP contribution in [0.15, 0.2) is 18.2 Å². The number of hydrogen-bond acceptors (Lipinski definition) is 2. The Balaban J connectivity index is 1.92. The van der Waals surface area contributed by atoms with E-state index in [9.17, 15) is 4.79 Å². The molecule has 0 aromatic heterocycles. The molecule has 1 atom stereocenters. The van der Waals surface area contributed by atoms with Crippen molar-refractivity contribution in [1.29, 1.82) is 0 Å². The van der Waals surface area contributed by atoms with Gasteiger partial charge in [0, 0.05) is 17.6 Å². The lowest BCUT2D eigenvalue weighted by molar-refractivity contribution is 0.0948. The lowest BCUT2D eigenvalue weighted by atomic mass is 10.1. The van der Waals surface area contributed by atoms with Gasteiger partial charge in [0.25, 0.3) is 5.91 Å². The maximum absolute atomic E-state index is 12.0.